The van der Waals surface area contributed by atoms with Crippen molar-refractivity contribution in [1.29, 1.82) is 0 Å². The van der Waals surface area contributed by atoms with Crippen LogP contribution in [0.5, 0.6) is 5.75 Å². The van der Waals surface area contributed by atoms with Crippen LogP contribution >= 0.6 is 0 Å². The summed E-state index contributed by atoms with van der Waals surface area (Å²) in [6.07, 6.45) is 0. The predicted molar refractivity (Wildman–Crippen MR) is 72.3 cm³/mol. The molecule has 0 amide bonds. The van der Waals surface area contributed by atoms with Gasteiger partial charge in [-0.3, -0.25) is 0 Å². The monoisotopic (exact) mass is 228 g/mol. The highest BCUT2D eigenvalue weighted by Crippen LogP contribution is 2.27. The lowest BCUT2D eigenvalue weighted by atomic mass is 10.1. The first-order chi connectivity index (χ1) is 7.62. The third-order valence-electron chi connectivity index (χ3n) is 2.61. The van der Waals surface area contributed by atoms with Crippen LogP contribution in [0.15, 0.2) is 54.7 Å². The van der Waals surface area contributed by atoms with Crippen LogP contribution in [0.1, 0.15) is 0 Å². The number of fused-ring (bicyclic) bond motifs is 1. The lowest BCUT2D eigenvalue weighted by molar-refractivity contribution is 0.570. The van der Waals surface area contributed by atoms with Crippen molar-refractivity contribution in [2.24, 2.45) is 0 Å². The third kappa shape index (κ3) is 2.17. The van der Waals surface area contributed by atoms with Gasteiger partial charge >= 0.3 is 0 Å². The number of benzene rings is 2. The fourth-order valence-electron chi connectivity index (χ4n) is 1.61. The maximum atomic E-state index is 6.09. The van der Waals surface area contributed by atoms with Gasteiger partial charge in [-0.15, -0.1) is 6.58 Å². The summed E-state index contributed by atoms with van der Waals surface area (Å²) in [6, 6.07) is 14.4. The Morgan fingerprint density at radius 2 is 1.75 bits per heavy atom. The van der Waals surface area contributed by atoms with Crippen molar-refractivity contribution in [3.63, 3.8) is 0 Å². The summed E-state index contributed by atoms with van der Waals surface area (Å²) in [4.78, 5) is 0. The first-order valence-electron chi connectivity index (χ1n) is 5.43. The molecule has 0 aliphatic carbocycles. The molecule has 0 atom stereocenters. The molecule has 2 heteroatoms. The molecule has 0 radical (unpaired) electrons. The van der Waals surface area contributed by atoms with E-state index in [-0.39, 0.29) is 0 Å². The smallest absolute Gasteiger partial charge is 0.269 e. The molecule has 0 aliphatic heterocycles. The molecule has 0 saturated heterocycles. The highest BCUT2D eigenvalue weighted by Gasteiger charge is 2.20. The predicted octanol–water partition coefficient (Wildman–Crippen LogP) is 4.15. The Morgan fingerprint density at radius 3 is 2.50 bits per heavy atom. The highest BCUT2D eigenvalue weighted by molar-refractivity contribution is 6.76. The van der Waals surface area contributed by atoms with Gasteiger partial charge in [0.15, 0.2) is 0 Å². The summed E-state index contributed by atoms with van der Waals surface area (Å²) in [5, 5.41) is 2.39. The quantitative estimate of drug-likeness (QED) is 0.717. The topological polar surface area (TPSA) is 9.23 Å². The molecule has 2 aromatic rings. The molecule has 16 heavy (non-hydrogen) atoms. The number of hydrogen-bond acceptors (Lipinski definition) is 1. The second kappa shape index (κ2) is 4.14. The van der Waals surface area contributed by atoms with E-state index in [9.17, 15) is 0 Å². The Morgan fingerprint density at radius 1 is 1.06 bits per heavy atom. The minimum absolute atomic E-state index is 0.967. The fourth-order valence-corrected chi connectivity index (χ4v) is 2.44. The van der Waals surface area contributed by atoms with Crippen molar-refractivity contribution in [3.05, 3.63) is 54.7 Å². The van der Waals surface area contributed by atoms with Crippen LogP contribution in [0, 0.1) is 0 Å². The highest BCUT2D eigenvalue weighted by atomic mass is 28.4. The van der Waals surface area contributed by atoms with Crippen molar-refractivity contribution in [2.75, 3.05) is 0 Å². The second-order valence-corrected chi connectivity index (χ2v) is 8.21. The maximum Gasteiger partial charge on any atom is 0.269 e. The van der Waals surface area contributed by atoms with E-state index < -0.39 is 8.32 Å². The van der Waals surface area contributed by atoms with Crippen LogP contribution in [0.3, 0.4) is 0 Å². The standard InChI is InChI=1S/C14H16OSi/c1-4-16(2,3)15-14-11-7-9-12-8-5-6-10-13(12)14/h4-11H,1H2,2-3H3. The zero-order valence-corrected chi connectivity index (χ0v) is 10.7. The Labute approximate surface area is 97.5 Å². The SMILES string of the molecule is C=C[Si](C)(C)Oc1cccc2ccccc12. The van der Waals surface area contributed by atoms with Crippen LogP contribution in [0.2, 0.25) is 13.1 Å². The van der Waals surface area contributed by atoms with Gasteiger partial charge in [0.25, 0.3) is 8.32 Å². The van der Waals surface area contributed by atoms with Crippen LogP contribution in [0.25, 0.3) is 10.8 Å². The zero-order valence-electron chi connectivity index (χ0n) is 9.73. The first-order valence-corrected chi connectivity index (χ1v) is 8.41. The van der Waals surface area contributed by atoms with Crippen LogP contribution < -0.4 is 4.43 Å². The van der Waals surface area contributed by atoms with Crippen LogP contribution in [0.4, 0.5) is 0 Å². The van der Waals surface area contributed by atoms with E-state index in [2.05, 4.69) is 37.9 Å². The molecular formula is C14H16OSi. The summed E-state index contributed by atoms with van der Waals surface area (Å²) in [7, 11) is -1.77. The Kier molecular flexibility index (Phi) is 2.84. The maximum absolute atomic E-state index is 6.09. The van der Waals surface area contributed by atoms with Gasteiger partial charge in [-0.2, -0.15) is 0 Å². The Hall–Kier alpha value is -1.54. The van der Waals surface area contributed by atoms with E-state index in [1.54, 1.807) is 0 Å². The summed E-state index contributed by atoms with van der Waals surface area (Å²) in [5.74, 6) is 0.967. The van der Waals surface area contributed by atoms with Gasteiger partial charge in [-0.25, -0.2) is 0 Å². The van der Waals surface area contributed by atoms with E-state index in [1.165, 1.54) is 10.8 Å². The average molecular weight is 228 g/mol. The zero-order chi connectivity index (χ0) is 11.6. The lowest BCUT2D eigenvalue weighted by Crippen LogP contribution is -2.31. The van der Waals surface area contributed by atoms with E-state index in [1.807, 2.05) is 30.0 Å². The van der Waals surface area contributed by atoms with Crippen molar-refractivity contribution in [2.45, 2.75) is 13.1 Å². The Bertz CT molecular complexity index is 512. The molecule has 2 aromatic carbocycles. The molecule has 0 spiro atoms. The molecule has 82 valence electrons. The molecule has 0 bridgehead atoms. The molecule has 0 fully saturated rings. The van der Waals surface area contributed by atoms with Gasteiger partial charge in [0.2, 0.25) is 0 Å². The fraction of sp³-hybridized carbons (Fsp3) is 0.143. The summed E-state index contributed by atoms with van der Waals surface area (Å²) < 4.78 is 6.09. The van der Waals surface area contributed by atoms with Crippen LogP contribution in [-0.2, 0) is 0 Å². The Balaban J connectivity index is 2.49. The lowest BCUT2D eigenvalue weighted by Gasteiger charge is -2.21. The molecule has 2 rings (SSSR count). The third-order valence-corrected chi connectivity index (χ3v) is 4.34. The second-order valence-electron chi connectivity index (χ2n) is 4.39. The molecule has 0 aliphatic rings. The molecule has 1 nitrogen and oxygen atoms in total. The van der Waals surface area contributed by atoms with E-state index in [4.69, 9.17) is 4.43 Å². The molecule has 0 N–H and O–H groups in total. The summed E-state index contributed by atoms with van der Waals surface area (Å²) in [6.45, 7) is 8.13. The van der Waals surface area contributed by atoms with Gasteiger partial charge in [-0.05, 0) is 24.5 Å². The summed E-state index contributed by atoms with van der Waals surface area (Å²) >= 11 is 0. The van der Waals surface area contributed by atoms with E-state index in [0.29, 0.717) is 0 Å². The minimum atomic E-state index is -1.77. The van der Waals surface area contributed by atoms with Crippen molar-refractivity contribution in [1.82, 2.24) is 0 Å². The number of hydrogen-bond donors (Lipinski definition) is 0. The van der Waals surface area contributed by atoms with Crippen LogP contribution in [-0.4, -0.2) is 8.32 Å². The average Bonchev–Trinajstić information content (AvgIpc) is 2.29. The molecule has 0 aromatic heterocycles. The number of rotatable bonds is 3. The van der Waals surface area contributed by atoms with Gasteiger partial charge in [-0.1, -0.05) is 42.1 Å². The van der Waals surface area contributed by atoms with Gasteiger partial charge in [0, 0.05) is 5.39 Å². The molecule has 0 saturated carbocycles. The van der Waals surface area contributed by atoms with Gasteiger partial charge < -0.3 is 4.43 Å². The first kappa shape index (κ1) is 11.0. The van der Waals surface area contributed by atoms with Crippen molar-refractivity contribution >= 4 is 19.1 Å². The van der Waals surface area contributed by atoms with Gasteiger partial charge in [0.05, 0.1) is 0 Å². The van der Waals surface area contributed by atoms with E-state index >= 15 is 0 Å². The normalized spacial score (nSPS) is 11.4. The van der Waals surface area contributed by atoms with Crippen molar-refractivity contribution in [3.8, 4) is 5.75 Å². The van der Waals surface area contributed by atoms with Gasteiger partial charge in [0.1, 0.15) is 5.75 Å². The van der Waals surface area contributed by atoms with E-state index in [0.717, 1.165) is 5.75 Å². The van der Waals surface area contributed by atoms with Crippen molar-refractivity contribution < 1.29 is 4.43 Å². The largest absolute Gasteiger partial charge is 0.540 e. The molecule has 0 heterocycles. The minimum Gasteiger partial charge on any atom is -0.540 e. The molecular weight excluding hydrogens is 212 g/mol. The summed E-state index contributed by atoms with van der Waals surface area (Å²) in [5.41, 5.74) is 1.95. The molecule has 0 unspecified atom stereocenters.